The van der Waals surface area contributed by atoms with Gasteiger partial charge in [0, 0.05) is 25.5 Å². The molecule has 0 amide bonds. The lowest BCUT2D eigenvalue weighted by Gasteiger charge is -2.21. The van der Waals surface area contributed by atoms with E-state index in [1.54, 1.807) is 0 Å². The summed E-state index contributed by atoms with van der Waals surface area (Å²) in [7, 11) is 1.87. The molecule has 1 saturated heterocycles. The van der Waals surface area contributed by atoms with E-state index < -0.39 is 0 Å². The molecule has 0 radical (unpaired) electrons. The molecule has 6 heteroatoms. The van der Waals surface area contributed by atoms with Crippen molar-refractivity contribution in [3.63, 3.8) is 0 Å². The van der Waals surface area contributed by atoms with E-state index in [4.69, 9.17) is 0 Å². The second-order valence-electron chi connectivity index (χ2n) is 7.26. The molecule has 0 spiro atoms. The highest BCUT2D eigenvalue weighted by Gasteiger charge is 2.19. The molecule has 1 atom stereocenters. The lowest BCUT2D eigenvalue weighted by atomic mass is 9.95. The van der Waals surface area contributed by atoms with Crippen molar-refractivity contribution in [3.05, 3.63) is 36.3 Å². The largest absolute Gasteiger partial charge is 0.372 e. The number of aromatic nitrogens is 4. The van der Waals surface area contributed by atoms with Crippen molar-refractivity contribution in [2.24, 2.45) is 5.92 Å². The molecule has 6 nitrogen and oxygen atoms in total. The predicted octanol–water partition coefficient (Wildman–Crippen LogP) is 3.14. The lowest BCUT2D eigenvalue weighted by Crippen LogP contribution is -2.26. The molecule has 2 aromatic rings. The summed E-state index contributed by atoms with van der Waals surface area (Å²) in [5, 5.41) is 3.02. The van der Waals surface area contributed by atoms with Crippen LogP contribution in [0.2, 0.25) is 0 Å². The summed E-state index contributed by atoms with van der Waals surface area (Å²) in [6.07, 6.45) is 12.5. The summed E-state index contributed by atoms with van der Waals surface area (Å²) in [4.78, 5) is 16.0. The van der Waals surface area contributed by atoms with E-state index >= 15 is 0 Å². The molecule has 0 aromatic carbocycles. The summed E-state index contributed by atoms with van der Waals surface area (Å²) >= 11 is 0. The van der Waals surface area contributed by atoms with Crippen LogP contribution in [-0.2, 0) is 13.0 Å². The average molecular weight is 342 g/mol. The summed E-state index contributed by atoms with van der Waals surface area (Å²) in [6.45, 7) is 7.67. The molecule has 25 heavy (non-hydrogen) atoms. The zero-order chi connectivity index (χ0) is 17.6. The van der Waals surface area contributed by atoms with Crippen LogP contribution < -0.4 is 5.32 Å². The van der Waals surface area contributed by atoms with Gasteiger partial charge in [-0.2, -0.15) is 0 Å². The highest BCUT2D eigenvalue weighted by molar-refractivity contribution is 5.29. The van der Waals surface area contributed by atoms with Crippen molar-refractivity contribution >= 4 is 5.82 Å². The molecule has 1 aliphatic heterocycles. The van der Waals surface area contributed by atoms with Gasteiger partial charge in [-0.3, -0.25) is 9.88 Å². The maximum Gasteiger partial charge on any atom is 0.144 e. The van der Waals surface area contributed by atoms with Gasteiger partial charge in [0.25, 0.3) is 0 Å². The molecule has 1 aliphatic rings. The molecule has 1 fully saturated rings. The van der Waals surface area contributed by atoms with Gasteiger partial charge in [0.1, 0.15) is 11.6 Å². The highest BCUT2D eigenvalue weighted by atomic mass is 15.2. The topological polar surface area (TPSA) is 58.9 Å². The second kappa shape index (κ2) is 8.43. The Labute approximate surface area is 150 Å². The third-order valence-corrected chi connectivity index (χ3v) is 5.07. The van der Waals surface area contributed by atoms with Gasteiger partial charge >= 0.3 is 0 Å². The van der Waals surface area contributed by atoms with Crippen molar-refractivity contribution < 1.29 is 0 Å². The van der Waals surface area contributed by atoms with Crippen LogP contribution in [0.1, 0.15) is 50.7 Å². The maximum atomic E-state index is 4.56. The van der Waals surface area contributed by atoms with Crippen LogP contribution in [0.3, 0.4) is 0 Å². The number of hydrogen-bond donors (Lipinski definition) is 1. The minimum Gasteiger partial charge on any atom is -0.372 e. The van der Waals surface area contributed by atoms with Crippen LogP contribution in [0.5, 0.6) is 0 Å². The van der Waals surface area contributed by atoms with Crippen LogP contribution in [0.4, 0.5) is 5.82 Å². The molecule has 3 rings (SSSR count). The second-order valence-corrected chi connectivity index (χ2v) is 7.26. The first kappa shape index (κ1) is 17.9. The Balaban J connectivity index is 1.54. The number of rotatable bonds is 6. The standard InChI is InChI=1S/C19H30N6/c1-15(2)25-10-7-21-19(25)14-24-8-4-5-16(6-9-24)11-17-12-23-18(20-3)13-22-17/h7,10,12-13,15-16H,4-6,8-9,11,14H2,1-3H3,(H,20,23)/t16-/m0/s1. The maximum absolute atomic E-state index is 4.56. The molecule has 0 unspecified atom stereocenters. The van der Waals surface area contributed by atoms with Crippen molar-refractivity contribution in [3.8, 4) is 0 Å². The Hall–Kier alpha value is -1.95. The van der Waals surface area contributed by atoms with Crippen molar-refractivity contribution in [1.29, 1.82) is 0 Å². The third kappa shape index (κ3) is 4.78. The number of imidazole rings is 1. The number of nitrogens with one attached hydrogen (secondary N) is 1. The number of likely N-dealkylation sites (tertiary alicyclic amines) is 1. The Bertz CT molecular complexity index is 648. The van der Waals surface area contributed by atoms with Crippen LogP contribution in [0.25, 0.3) is 0 Å². The molecule has 1 N–H and O–H groups in total. The van der Waals surface area contributed by atoms with Crippen LogP contribution in [0.15, 0.2) is 24.8 Å². The number of anilines is 1. The first-order valence-corrected chi connectivity index (χ1v) is 9.38. The van der Waals surface area contributed by atoms with Crippen molar-refractivity contribution in [1.82, 2.24) is 24.4 Å². The fourth-order valence-electron chi connectivity index (χ4n) is 3.61. The molecular weight excluding hydrogens is 312 g/mol. The van der Waals surface area contributed by atoms with E-state index in [1.165, 1.54) is 25.1 Å². The molecule has 136 valence electrons. The quantitative estimate of drug-likeness (QED) is 0.874. The summed E-state index contributed by atoms with van der Waals surface area (Å²) in [5.74, 6) is 2.71. The minimum absolute atomic E-state index is 0.469. The van der Waals surface area contributed by atoms with Gasteiger partial charge in [-0.1, -0.05) is 0 Å². The van der Waals surface area contributed by atoms with E-state index in [-0.39, 0.29) is 0 Å². The Morgan fingerprint density at radius 3 is 2.76 bits per heavy atom. The Kier molecular flexibility index (Phi) is 6.02. The molecule has 3 heterocycles. The van der Waals surface area contributed by atoms with Gasteiger partial charge in [-0.25, -0.2) is 9.97 Å². The number of hydrogen-bond acceptors (Lipinski definition) is 5. The zero-order valence-corrected chi connectivity index (χ0v) is 15.6. The molecular formula is C19H30N6. The third-order valence-electron chi connectivity index (χ3n) is 5.07. The Morgan fingerprint density at radius 2 is 2.04 bits per heavy atom. The highest BCUT2D eigenvalue weighted by Crippen LogP contribution is 2.22. The molecule has 0 bridgehead atoms. The normalized spacial score (nSPS) is 19.1. The minimum atomic E-state index is 0.469. The Morgan fingerprint density at radius 1 is 1.16 bits per heavy atom. The van der Waals surface area contributed by atoms with E-state index in [2.05, 4.69) is 49.8 Å². The fourth-order valence-corrected chi connectivity index (χ4v) is 3.61. The summed E-state index contributed by atoms with van der Waals surface area (Å²) in [5.41, 5.74) is 1.10. The zero-order valence-electron chi connectivity index (χ0n) is 15.6. The first-order valence-electron chi connectivity index (χ1n) is 9.38. The average Bonchev–Trinajstić information content (AvgIpc) is 2.97. The monoisotopic (exact) mass is 342 g/mol. The van der Waals surface area contributed by atoms with Crippen LogP contribution in [-0.4, -0.2) is 44.6 Å². The lowest BCUT2D eigenvalue weighted by molar-refractivity contribution is 0.260. The van der Waals surface area contributed by atoms with Crippen LogP contribution >= 0.6 is 0 Å². The predicted molar refractivity (Wildman–Crippen MR) is 101 cm³/mol. The summed E-state index contributed by atoms with van der Waals surface area (Å²) in [6, 6.07) is 0.469. The smallest absolute Gasteiger partial charge is 0.144 e. The van der Waals surface area contributed by atoms with Gasteiger partial charge in [0.15, 0.2) is 0 Å². The van der Waals surface area contributed by atoms with E-state index in [0.29, 0.717) is 12.0 Å². The van der Waals surface area contributed by atoms with E-state index in [0.717, 1.165) is 37.6 Å². The van der Waals surface area contributed by atoms with Gasteiger partial charge in [-0.05, 0) is 58.5 Å². The van der Waals surface area contributed by atoms with Crippen molar-refractivity contribution in [2.45, 2.75) is 52.1 Å². The number of nitrogens with zero attached hydrogens (tertiary/aromatic N) is 5. The van der Waals surface area contributed by atoms with Gasteiger partial charge in [-0.15, -0.1) is 0 Å². The van der Waals surface area contributed by atoms with Gasteiger partial charge in [0.2, 0.25) is 0 Å². The SMILES string of the molecule is CNc1cnc(C[C@H]2CCCN(Cc3nccn3C(C)C)CC2)cn1. The van der Waals surface area contributed by atoms with Gasteiger partial charge in [0.05, 0.1) is 24.6 Å². The summed E-state index contributed by atoms with van der Waals surface area (Å²) < 4.78 is 2.28. The molecule has 2 aromatic heterocycles. The van der Waals surface area contributed by atoms with E-state index in [9.17, 15) is 0 Å². The van der Waals surface area contributed by atoms with E-state index in [1.807, 2.05) is 25.6 Å². The van der Waals surface area contributed by atoms with Crippen LogP contribution in [0, 0.1) is 5.92 Å². The molecule has 0 saturated carbocycles. The van der Waals surface area contributed by atoms with Crippen molar-refractivity contribution in [2.75, 3.05) is 25.5 Å². The first-order chi connectivity index (χ1) is 12.2. The molecule has 0 aliphatic carbocycles. The fraction of sp³-hybridized carbons (Fsp3) is 0.632. The van der Waals surface area contributed by atoms with Gasteiger partial charge < -0.3 is 9.88 Å².